The van der Waals surface area contributed by atoms with Crippen LogP contribution in [-0.2, 0) is 13.6 Å². The fourth-order valence-electron chi connectivity index (χ4n) is 1.48. The lowest BCUT2D eigenvalue weighted by atomic mass is 10.3. The van der Waals surface area contributed by atoms with Gasteiger partial charge in [0.25, 0.3) is 0 Å². The number of rotatable bonds is 4. The van der Waals surface area contributed by atoms with E-state index < -0.39 is 0 Å². The molecule has 2 heterocycles. The summed E-state index contributed by atoms with van der Waals surface area (Å²) in [6.45, 7) is 2.93. The van der Waals surface area contributed by atoms with Crippen molar-refractivity contribution in [1.82, 2.24) is 20.1 Å². The Kier molecular flexibility index (Phi) is 3.73. The van der Waals surface area contributed by atoms with Gasteiger partial charge in [0.2, 0.25) is 0 Å². The fourth-order valence-corrected chi connectivity index (χ4v) is 2.69. The predicted octanol–water partition coefficient (Wildman–Crippen LogP) is 2.49. The maximum absolute atomic E-state index is 4.08. The summed E-state index contributed by atoms with van der Waals surface area (Å²) >= 11 is 5.15. The number of nitrogens with zero attached hydrogens (tertiary/aromatic N) is 3. The summed E-state index contributed by atoms with van der Waals surface area (Å²) in [4.78, 5) is 0. The molecule has 1 N–H and O–H groups in total. The van der Waals surface area contributed by atoms with Crippen molar-refractivity contribution in [3.05, 3.63) is 32.9 Å². The first-order chi connectivity index (χ1) is 7.66. The molecule has 6 heteroatoms. The quantitative estimate of drug-likeness (QED) is 0.943. The molecule has 4 nitrogen and oxygen atoms in total. The molecule has 0 aliphatic rings. The number of aromatic nitrogens is 3. The van der Waals surface area contributed by atoms with E-state index >= 15 is 0 Å². The van der Waals surface area contributed by atoms with Crippen LogP contribution < -0.4 is 5.32 Å². The summed E-state index contributed by atoms with van der Waals surface area (Å²) in [6.07, 6.45) is 1.72. The van der Waals surface area contributed by atoms with Gasteiger partial charge in [0, 0.05) is 13.6 Å². The van der Waals surface area contributed by atoms with Crippen LogP contribution in [0.3, 0.4) is 0 Å². The van der Waals surface area contributed by atoms with E-state index in [1.165, 1.54) is 5.56 Å². The highest BCUT2D eigenvalue weighted by Crippen LogP contribution is 2.21. The van der Waals surface area contributed by atoms with Crippen LogP contribution in [0.1, 0.15) is 24.4 Å². The maximum atomic E-state index is 4.08. The van der Waals surface area contributed by atoms with Crippen LogP contribution in [0.25, 0.3) is 0 Å². The Hall–Kier alpha value is -0.720. The van der Waals surface area contributed by atoms with E-state index in [1.54, 1.807) is 17.7 Å². The molecule has 2 aromatic rings. The van der Waals surface area contributed by atoms with Gasteiger partial charge >= 0.3 is 0 Å². The number of hydrogen-bond acceptors (Lipinski definition) is 4. The molecule has 0 radical (unpaired) electrons. The van der Waals surface area contributed by atoms with E-state index in [4.69, 9.17) is 0 Å². The molecular weight excluding hydrogens is 288 g/mol. The minimum atomic E-state index is 0.200. The molecule has 2 aromatic heterocycles. The van der Waals surface area contributed by atoms with E-state index in [2.05, 4.69) is 49.8 Å². The predicted molar refractivity (Wildman–Crippen MR) is 68.3 cm³/mol. The van der Waals surface area contributed by atoms with E-state index in [9.17, 15) is 0 Å². The highest BCUT2D eigenvalue weighted by Gasteiger charge is 2.10. The van der Waals surface area contributed by atoms with Crippen LogP contribution in [0.5, 0.6) is 0 Å². The highest BCUT2D eigenvalue weighted by molar-refractivity contribution is 9.11. The molecule has 0 saturated carbocycles. The molecule has 0 aliphatic carbocycles. The van der Waals surface area contributed by atoms with Crippen molar-refractivity contribution in [2.24, 2.45) is 7.05 Å². The van der Waals surface area contributed by atoms with Crippen molar-refractivity contribution in [3.63, 3.8) is 0 Å². The maximum Gasteiger partial charge on any atom is 0.149 e. The Bertz CT molecular complexity index is 465. The van der Waals surface area contributed by atoms with Gasteiger partial charge in [-0.2, -0.15) is 0 Å². The van der Waals surface area contributed by atoms with Gasteiger partial charge in [-0.05, 0) is 39.9 Å². The minimum Gasteiger partial charge on any atom is -0.319 e. The van der Waals surface area contributed by atoms with Crippen molar-refractivity contribution in [2.75, 3.05) is 0 Å². The molecule has 1 atom stereocenters. The summed E-state index contributed by atoms with van der Waals surface area (Å²) in [6, 6.07) is 2.33. The van der Waals surface area contributed by atoms with Crippen LogP contribution in [0.15, 0.2) is 21.6 Å². The molecule has 0 aliphatic heterocycles. The number of halogens is 1. The van der Waals surface area contributed by atoms with Crippen molar-refractivity contribution >= 4 is 27.3 Å². The molecule has 2 rings (SSSR count). The first-order valence-corrected chi connectivity index (χ1v) is 6.64. The third-order valence-electron chi connectivity index (χ3n) is 2.37. The van der Waals surface area contributed by atoms with Crippen LogP contribution in [-0.4, -0.2) is 14.8 Å². The average Bonchev–Trinajstić information content (AvgIpc) is 2.84. The normalized spacial score (nSPS) is 12.9. The molecular formula is C10H13BrN4S. The van der Waals surface area contributed by atoms with Crippen molar-refractivity contribution in [3.8, 4) is 0 Å². The minimum absolute atomic E-state index is 0.200. The molecule has 0 saturated heterocycles. The van der Waals surface area contributed by atoms with Crippen molar-refractivity contribution in [1.29, 1.82) is 0 Å². The van der Waals surface area contributed by atoms with Gasteiger partial charge in [-0.25, -0.2) is 0 Å². The number of hydrogen-bond donors (Lipinski definition) is 1. The Morgan fingerprint density at radius 2 is 2.44 bits per heavy atom. The first-order valence-electron chi connectivity index (χ1n) is 4.97. The van der Waals surface area contributed by atoms with E-state index in [0.717, 1.165) is 16.2 Å². The van der Waals surface area contributed by atoms with Gasteiger partial charge in [0.05, 0.1) is 9.83 Å². The van der Waals surface area contributed by atoms with Gasteiger partial charge in [0.15, 0.2) is 0 Å². The molecule has 86 valence electrons. The average molecular weight is 301 g/mol. The van der Waals surface area contributed by atoms with Crippen LogP contribution in [0.2, 0.25) is 0 Å². The van der Waals surface area contributed by atoms with Gasteiger partial charge in [-0.3, -0.25) is 0 Å². The van der Waals surface area contributed by atoms with E-state index in [1.807, 2.05) is 11.6 Å². The largest absolute Gasteiger partial charge is 0.319 e. The third-order valence-corrected chi connectivity index (χ3v) is 3.92. The summed E-state index contributed by atoms with van der Waals surface area (Å²) < 4.78 is 3.09. The number of thiophene rings is 1. The van der Waals surface area contributed by atoms with Gasteiger partial charge in [-0.15, -0.1) is 21.5 Å². The SMILES string of the molecule is CC(NCc1csc(Br)c1)c1nncn1C. The standard InChI is InChI=1S/C10H13BrN4S/c1-7(10-14-13-6-15(10)2)12-4-8-3-9(11)16-5-8/h3,5-7,12H,4H2,1-2H3. The summed E-state index contributed by atoms with van der Waals surface area (Å²) in [5, 5.41) is 13.5. The second-order valence-corrected chi connectivity index (χ2v) is 5.95. The molecule has 0 amide bonds. The van der Waals surface area contributed by atoms with Gasteiger partial charge in [0.1, 0.15) is 12.2 Å². The fraction of sp³-hybridized carbons (Fsp3) is 0.400. The lowest BCUT2D eigenvalue weighted by Gasteiger charge is -2.11. The van der Waals surface area contributed by atoms with E-state index in [0.29, 0.717) is 0 Å². The first kappa shape index (κ1) is 11.8. The molecule has 0 fully saturated rings. The summed E-state index contributed by atoms with van der Waals surface area (Å²) in [5.41, 5.74) is 1.28. The Morgan fingerprint density at radius 1 is 1.62 bits per heavy atom. The monoisotopic (exact) mass is 300 g/mol. The Balaban J connectivity index is 1.93. The smallest absolute Gasteiger partial charge is 0.149 e. The molecule has 0 spiro atoms. The molecule has 1 unspecified atom stereocenters. The highest BCUT2D eigenvalue weighted by atomic mass is 79.9. The second-order valence-electron chi connectivity index (χ2n) is 3.66. The van der Waals surface area contributed by atoms with Crippen LogP contribution in [0, 0.1) is 0 Å². The molecule has 16 heavy (non-hydrogen) atoms. The van der Waals surface area contributed by atoms with E-state index in [-0.39, 0.29) is 6.04 Å². The van der Waals surface area contributed by atoms with Crippen LogP contribution >= 0.6 is 27.3 Å². The lowest BCUT2D eigenvalue weighted by molar-refractivity contribution is 0.529. The summed E-state index contributed by atoms with van der Waals surface area (Å²) in [5.74, 6) is 0.953. The van der Waals surface area contributed by atoms with Crippen molar-refractivity contribution in [2.45, 2.75) is 19.5 Å². The van der Waals surface area contributed by atoms with Crippen molar-refractivity contribution < 1.29 is 0 Å². The second kappa shape index (κ2) is 5.07. The van der Waals surface area contributed by atoms with Gasteiger partial charge < -0.3 is 9.88 Å². The topological polar surface area (TPSA) is 42.7 Å². The van der Waals surface area contributed by atoms with Crippen LogP contribution in [0.4, 0.5) is 0 Å². The number of aryl methyl sites for hydroxylation is 1. The number of nitrogens with one attached hydrogen (secondary N) is 1. The third kappa shape index (κ3) is 2.69. The van der Waals surface area contributed by atoms with Gasteiger partial charge in [-0.1, -0.05) is 0 Å². The zero-order chi connectivity index (χ0) is 11.5. The lowest BCUT2D eigenvalue weighted by Crippen LogP contribution is -2.20. The Labute approximate surface area is 107 Å². The Morgan fingerprint density at radius 3 is 3.00 bits per heavy atom. The molecule has 0 aromatic carbocycles. The zero-order valence-corrected chi connectivity index (χ0v) is 11.5. The summed E-state index contributed by atoms with van der Waals surface area (Å²) in [7, 11) is 1.95. The zero-order valence-electron chi connectivity index (χ0n) is 9.14. The molecule has 0 bridgehead atoms.